The van der Waals surface area contributed by atoms with Crippen molar-refractivity contribution in [1.82, 2.24) is 0 Å². The summed E-state index contributed by atoms with van der Waals surface area (Å²) in [5.74, 6) is -2.12. The molecule has 7 atom stereocenters. The first-order valence-corrected chi connectivity index (χ1v) is 12.2. The molecule has 5 rings (SSSR count). The number of aliphatic hydroxyl groups is 3. The molecule has 2 aromatic carbocycles. The van der Waals surface area contributed by atoms with Crippen molar-refractivity contribution in [2.75, 3.05) is 14.2 Å². The summed E-state index contributed by atoms with van der Waals surface area (Å²) >= 11 is 0. The van der Waals surface area contributed by atoms with Crippen molar-refractivity contribution in [2.24, 2.45) is 0 Å². The highest BCUT2D eigenvalue weighted by molar-refractivity contribution is 6.30. The minimum absolute atomic E-state index is 0.0170. The molecule has 0 amide bonds. The fraction of sp³-hybridized carbons (Fsp3) is 0.481. The maximum absolute atomic E-state index is 13.5. The highest BCUT2D eigenvalue weighted by Crippen LogP contribution is 2.48. The van der Waals surface area contributed by atoms with Crippen LogP contribution >= 0.6 is 0 Å². The molecule has 3 aliphatic rings. The number of methoxy groups -OCH3 is 2. The summed E-state index contributed by atoms with van der Waals surface area (Å²) in [4.78, 5) is 27.0. The van der Waals surface area contributed by atoms with Crippen LogP contribution < -0.4 is 4.74 Å². The summed E-state index contributed by atoms with van der Waals surface area (Å²) in [6, 6.07) is 4.01. The molecule has 5 N–H and O–H groups in total. The Morgan fingerprint density at radius 1 is 1.00 bits per heavy atom. The third-order valence-corrected chi connectivity index (χ3v) is 7.57. The predicted octanol–water partition coefficient (Wildman–Crippen LogP) is 1.12. The first kappa shape index (κ1) is 26.5. The number of carbonyl (C=O) groups is 2. The van der Waals surface area contributed by atoms with E-state index in [9.17, 15) is 35.1 Å². The molecule has 0 radical (unpaired) electrons. The summed E-state index contributed by atoms with van der Waals surface area (Å²) in [6.07, 6.45) is -6.64. The second kappa shape index (κ2) is 9.30. The highest BCUT2D eigenvalue weighted by Gasteiger charge is 2.48. The van der Waals surface area contributed by atoms with E-state index in [4.69, 9.17) is 18.9 Å². The van der Waals surface area contributed by atoms with E-state index in [1.807, 2.05) is 0 Å². The van der Waals surface area contributed by atoms with Crippen molar-refractivity contribution in [3.63, 3.8) is 0 Å². The molecule has 0 spiro atoms. The number of hydrogen-bond donors (Lipinski definition) is 5. The second-order valence-electron chi connectivity index (χ2n) is 10.3. The van der Waals surface area contributed by atoms with Crippen molar-refractivity contribution in [3.05, 3.63) is 51.6 Å². The van der Waals surface area contributed by atoms with E-state index in [1.54, 1.807) is 13.8 Å². The van der Waals surface area contributed by atoms with Crippen LogP contribution in [0.3, 0.4) is 0 Å². The van der Waals surface area contributed by atoms with Gasteiger partial charge in [0.25, 0.3) is 0 Å². The molecule has 0 saturated carbocycles. The summed E-state index contributed by atoms with van der Waals surface area (Å²) in [5, 5.41) is 53.7. The summed E-state index contributed by atoms with van der Waals surface area (Å²) < 4.78 is 22.3. The Balaban J connectivity index is 1.62. The third kappa shape index (κ3) is 4.06. The van der Waals surface area contributed by atoms with Gasteiger partial charge in [-0.1, -0.05) is 0 Å². The molecule has 0 unspecified atom stereocenters. The average Bonchev–Trinajstić information content (AvgIpc) is 2.84. The van der Waals surface area contributed by atoms with Gasteiger partial charge >= 0.3 is 0 Å². The Bertz CT molecular complexity index is 1320. The molecule has 1 aliphatic heterocycles. The number of hydrogen-bond acceptors (Lipinski definition) is 11. The number of ether oxygens (including phenoxy) is 4. The van der Waals surface area contributed by atoms with Crippen molar-refractivity contribution in [3.8, 4) is 17.2 Å². The number of ketones is 2. The monoisotopic (exact) mass is 530 g/mol. The quantitative estimate of drug-likeness (QED) is 0.327. The number of phenols is 2. The van der Waals surface area contributed by atoms with E-state index >= 15 is 0 Å². The van der Waals surface area contributed by atoms with Crippen molar-refractivity contribution in [2.45, 2.75) is 69.1 Å². The standard InChI is InChI=1S/C27H30O11/c1-10-20(29)24(33)25(36-4)26(37-10)38-16-9-27(2,34)8-11-5-13-19(22(31)17(11)16)23(32)18-14(21(13)30)6-12(35-3)7-15(18)28/h5-7,10,16,20,24-26,28-29,31,33-34H,8-9H2,1-4H3/t10-,16+,20+,24-,25+,26+,27-/m1/s1. The van der Waals surface area contributed by atoms with Crippen molar-refractivity contribution in [1.29, 1.82) is 0 Å². The molecular formula is C27H30O11. The van der Waals surface area contributed by atoms with Crippen molar-refractivity contribution >= 4 is 11.6 Å². The molecular weight excluding hydrogens is 500 g/mol. The number of rotatable bonds is 4. The van der Waals surface area contributed by atoms with Gasteiger partial charge in [-0.2, -0.15) is 0 Å². The highest BCUT2D eigenvalue weighted by atomic mass is 16.7. The smallest absolute Gasteiger partial charge is 0.201 e. The Morgan fingerprint density at radius 3 is 2.34 bits per heavy atom. The van der Waals surface area contributed by atoms with Gasteiger partial charge in [-0.25, -0.2) is 0 Å². The molecule has 38 heavy (non-hydrogen) atoms. The summed E-state index contributed by atoms with van der Waals surface area (Å²) in [5.41, 5.74) is -1.42. The molecule has 1 heterocycles. The molecule has 1 fully saturated rings. The second-order valence-corrected chi connectivity index (χ2v) is 10.3. The third-order valence-electron chi connectivity index (χ3n) is 7.57. The lowest BCUT2D eigenvalue weighted by Crippen LogP contribution is -2.58. The maximum Gasteiger partial charge on any atom is 0.201 e. The SMILES string of the molecule is COc1cc(O)c2c(c1)C(=O)c1cc3c(c(O)c1C2=O)[C@@H](O[C@@H]1O[C@H](C)[C@H](O)[C@@H](O)[C@@H]1OC)C[C@](C)(O)C3. The van der Waals surface area contributed by atoms with Gasteiger partial charge in [0.2, 0.25) is 5.78 Å². The molecule has 2 aromatic rings. The minimum Gasteiger partial charge on any atom is -0.507 e. The van der Waals surface area contributed by atoms with E-state index < -0.39 is 65.5 Å². The van der Waals surface area contributed by atoms with Crippen LogP contribution in [-0.4, -0.2) is 87.6 Å². The van der Waals surface area contributed by atoms with E-state index in [2.05, 4.69) is 0 Å². The molecule has 0 bridgehead atoms. The van der Waals surface area contributed by atoms with Crippen molar-refractivity contribution < 1.29 is 54.1 Å². The predicted molar refractivity (Wildman–Crippen MR) is 130 cm³/mol. The Morgan fingerprint density at radius 2 is 1.68 bits per heavy atom. The number of benzene rings is 2. The minimum atomic E-state index is -1.33. The Kier molecular flexibility index (Phi) is 6.49. The fourth-order valence-electron chi connectivity index (χ4n) is 5.68. The van der Waals surface area contributed by atoms with Crippen LogP contribution in [0.5, 0.6) is 17.2 Å². The van der Waals surface area contributed by atoms with Crippen LogP contribution in [0.1, 0.15) is 69.3 Å². The first-order valence-electron chi connectivity index (χ1n) is 12.2. The number of aliphatic hydroxyl groups excluding tert-OH is 2. The lowest BCUT2D eigenvalue weighted by molar-refractivity contribution is -0.313. The maximum atomic E-state index is 13.5. The lowest BCUT2D eigenvalue weighted by Gasteiger charge is -2.44. The van der Waals surface area contributed by atoms with E-state index in [0.29, 0.717) is 5.56 Å². The number of fused-ring (bicyclic) bond motifs is 3. The van der Waals surface area contributed by atoms with E-state index in [1.165, 1.54) is 32.4 Å². The molecule has 11 heteroatoms. The van der Waals surface area contributed by atoms with E-state index in [-0.39, 0.29) is 46.4 Å². The van der Waals surface area contributed by atoms with Gasteiger partial charge in [-0.15, -0.1) is 0 Å². The van der Waals surface area contributed by atoms with Gasteiger partial charge in [0.15, 0.2) is 12.1 Å². The van der Waals surface area contributed by atoms with Crippen LogP contribution in [0, 0.1) is 0 Å². The molecule has 1 saturated heterocycles. The van der Waals surface area contributed by atoms with Gasteiger partial charge < -0.3 is 44.5 Å². The zero-order chi connectivity index (χ0) is 27.7. The summed E-state index contributed by atoms with van der Waals surface area (Å²) in [7, 11) is 2.68. The van der Waals surface area contributed by atoms with Crippen LogP contribution in [0.2, 0.25) is 0 Å². The number of aromatic hydroxyl groups is 2. The topological polar surface area (TPSA) is 172 Å². The molecule has 11 nitrogen and oxygen atoms in total. The van der Waals surface area contributed by atoms with Gasteiger partial charge in [0.1, 0.15) is 35.6 Å². The average molecular weight is 531 g/mol. The van der Waals surface area contributed by atoms with Gasteiger partial charge in [-0.3, -0.25) is 9.59 Å². The fourth-order valence-corrected chi connectivity index (χ4v) is 5.68. The molecule has 2 aliphatic carbocycles. The zero-order valence-corrected chi connectivity index (χ0v) is 21.3. The normalized spacial score (nSPS) is 32.4. The summed E-state index contributed by atoms with van der Waals surface area (Å²) in [6.45, 7) is 3.13. The zero-order valence-electron chi connectivity index (χ0n) is 21.3. The van der Waals surface area contributed by atoms with Gasteiger partial charge in [0, 0.05) is 42.7 Å². The number of carbonyl (C=O) groups excluding carboxylic acids is 2. The largest absolute Gasteiger partial charge is 0.507 e. The van der Waals surface area contributed by atoms with Gasteiger partial charge in [-0.05, 0) is 31.5 Å². The molecule has 0 aromatic heterocycles. The van der Waals surface area contributed by atoms with Crippen LogP contribution in [0.15, 0.2) is 18.2 Å². The number of phenolic OH excluding ortho intramolecular Hbond substituents is 2. The first-order chi connectivity index (χ1) is 17.9. The van der Waals surface area contributed by atoms with Gasteiger partial charge in [0.05, 0.1) is 36.0 Å². The Labute approximate surface area is 218 Å². The van der Waals surface area contributed by atoms with Crippen LogP contribution in [0.25, 0.3) is 0 Å². The van der Waals surface area contributed by atoms with E-state index in [0.717, 1.165) is 0 Å². The Hall–Kier alpha value is -3.06. The van der Waals surface area contributed by atoms with Crippen LogP contribution in [-0.2, 0) is 20.6 Å². The molecule has 204 valence electrons. The lowest BCUT2D eigenvalue weighted by atomic mass is 9.74. The van der Waals surface area contributed by atoms with Crippen LogP contribution in [0.4, 0.5) is 0 Å².